The van der Waals surface area contributed by atoms with Crippen molar-refractivity contribution in [2.45, 2.75) is 23.8 Å². The predicted molar refractivity (Wildman–Crippen MR) is 118 cm³/mol. The summed E-state index contributed by atoms with van der Waals surface area (Å²) in [5, 5.41) is 12.6. The molecule has 11 heteroatoms. The highest BCUT2D eigenvalue weighted by molar-refractivity contribution is 7.89. The molecule has 2 heterocycles. The Hall–Kier alpha value is -2.92. The van der Waals surface area contributed by atoms with Crippen LogP contribution in [0.25, 0.3) is 0 Å². The molecule has 1 aromatic heterocycles. The van der Waals surface area contributed by atoms with E-state index < -0.39 is 10.0 Å². The highest BCUT2D eigenvalue weighted by atomic mass is 32.2. The van der Waals surface area contributed by atoms with Crippen LogP contribution in [0, 0.1) is 0 Å². The number of sulfonamides is 1. The van der Waals surface area contributed by atoms with Gasteiger partial charge in [0, 0.05) is 46.3 Å². The lowest BCUT2D eigenvalue weighted by molar-refractivity contribution is -0.127. The zero-order valence-corrected chi connectivity index (χ0v) is 18.8. The Labute approximate surface area is 182 Å². The molecule has 3 N–H and O–H groups in total. The van der Waals surface area contributed by atoms with Crippen LogP contribution in [0.1, 0.15) is 23.5 Å². The van der Waals surface area contributed by atoms with E-state index in [1.165, 1.54) is 22.6 Å². The van der Waals surface area contributed by atoms with E-state index >= 15 is 0 Å². The first-order valence-electron chi connectivity index (χ1n) is 9.97. The van der Waals surface area contributed by atoms with Crippen molar-refractivity contribution >= 4 is 21.9 Å². The van der Waals surface area contributed by atoms with Crippen LogP contribution in [0.5, 0.6) is 0 Å². The average Bonchev–Trinajstić information content (AvgIpc) is 3.36. The average molecular weight is 448 g/mol. The van der Waals surface area contributed by atoms with Gasteiger partial charge in [0.15, 0.2) is 5.96 Å². The smallest absolute Gasteiger partial charge is 0.241 e. The van der Waals surface area contributed by atoms with Crippen LogP contribution in [-0.4, -0.2) is 73.6 Å². The van der Waals surface area contributed by atoms with Gasteiger partial charge in [-0.2, -0.15) is 5.10 Å². The van der Waals surface area contributed by atoms with E-state index in [0.717, 1.165) is 25.1 Å². The maximum atomic E-state index is 12.1. The van der Waals surface area contributed by atoms with Gasteiger partial charge in [0.1, 0.15) is 0 Å². The van der Waals surface area contributed by atoms with Crippen molar-refractivity contribution in [2.75, 3.05) is 33.7 Å². The molecule has 2 aromatic rings. The second-order valence-corrected chi connectivity index (χ2v) is 9.41. The fraction of sp³-hybridized carbons (Fsp3) is 0.450. The third-order valence-electron chi connectivity index (χ3n) is 5.24. The molecular weight excluding hydrogens is 418 g/mol. The SMILES string of the molecule is CN(C)C(=O)CNC(=NCc1ccc(S(N)(=O)=O)cc1)N1CCC(c2cnn(C)c2)C1. The van der Waals surface area contributed by atoms with E-state index in [-0.39, 0.29) is 17.3 Å². The number of likely N-dealkylation sites (tertiary alicyclic amines) is 1. The van der Waals surface area contributed by atoms with Crippen molar-refractivity contribution in [2.24, 2.45) is 17.2 Å². The summed E-state index contributed by atoms with van der Waals surface area (Å²) >= 11 is 0. The molecule has 0 aliphatic carbocycles. The molecule has 1 aromatic carbocycles. The van der Waals surface area contributed by atoms with Crippen LogP contribution < -0.4 is 10.5 Å². The number of guanidine groups is 1. The fourth-order valence-corrected chi connectivity index (χ4v) is 3.92. The molecule has 0 saturated carbocycles. The van der Waals surface area contributed by atoms with Crippen LogP contribution in [0.15, 0.2) is 46.5 Å². The monoisotopic (exact) mass is 447 g/mol. The number of aromatic nitrogens is 2. The van der Waals surface area contributed by atoms with Crippen LogP contribution in [0.2, 0.25) is 0 Å². The molecular formula is C20H29N7O3S. The number of nitrogens with zero attached hydrogens (tertiary/aromatic N) is 5. The molecule has 1 atom stereocenters. The molecule has 1 aliphatic heterocycles. The zero-order valence-electron chi connectivity index (χ0n) is 18.0. The lowest BCUT2D eigenvalue weighted by Crippen LogP contribution is -2.44. The number of aliphatic imine (C=N–C) groups is 1. The molecule has 1 saturated heterocycles. The quantitative estimate of drug-likeness (QED) is 0.478. The normalized spacial score (nSPS) is 17.1. The van der Waals surface area contributed by atoms with Gasteiger partial charge in [0.05, 0.1) is 24.2 Å². The minimum atomic E-state index is -3.73. The molecule has 0 spiro atoms. The van der Waals surface area contributed by atoms with E-state index in [4.69, 9.17) is 10.1 Å². The first-order chi connectivity index (χ1) is 14.6. The highest BCUT2D eigenvalue weighted by Gasteiger charge is 2.27. The Morgan fingerprint density at radius 3 is 2.61 bits per heavy atom. The largest absolute Gasteiger partial charge is 0.347 e. The summed E-state index contributed by atoms with van der Waals surface area (Å²) in [6.07, 6.45) is 4.89. The van der Waals surface area contributed by atoms with Gasteiger partial charge in [0.2, 0.25) is 15.9 Å². The minimum Gasteiger partial charge on any atom is -0.347 e. The van der Waals surface area contributed by atoms with Crippen molar-refractivity contribution in [3.63, 3.8) is 0 Å². The van der Waals surface area contributed by atoms with Crippen LogP contribution in [0.4, 0.5) is 0 Å². The van der Waals surface area contributed by atoms with Crippen molar-refractivity contribution in [3.8, 4) is 0 Å². The number of nitrogens with one attached hydrogen (secondary N) is 1. The standard InChI is InChI=1S/C20H29N7O3S/c1-25(2)19(28)12-23-20(22-10-15-4-6-18(7-5-15)31(21,29)30)27-9-8-16(14-27)17-11-24-26(3)13-17/h4-7,11,13,16H,8-10,12,14H2,1-3H3,(H,22,23)(H2,21,29,30). The van der Waals surface area contributed by atoms with Gasteiger partial charge in [-0.1, -0.05) is 12.1 Å². The Morgan fingerprint density at radius 1 is 1.32 bits per heavy atom. The molecule has 1 amide bonds. The fourth-order valence-electron chi connectivity index (χ4n) is 3.41. The van der Waals surface area contributed by atoms with Gasteiger partial charge in [-0.3, -0.25) is 9.48 Å². The molecule has 168 valence electrons. The maximum absolute atomic E-state index is 12.1. The molecule has 1 unspecified atom stereocenters. The van der Waals surface area contributed by atoms with Crippen LogP contribution >= 0.6 is 0 Å². The Morgan fingerprint density at radius 2 is 2.03 bits per heavy atom. The molecule has 31 heavy (non-hydrogen) atoms. The number of nitrogens with two attached hydrogens (primary N) is 1. The summed E-state index contributed by atoms with van der Waals surface area (Å²) in [5.74, 6) is 0.949. The van der Waals surface area contributed by atoms with Gasteiger partial charge >= 0.3 is 0 Å². The second kappa shape index (κ2) is 9.48. The molecule has 10 nitrogen and oxygen atoms in total. The van der Waals surface area contributed by atoms with Gasteiger partial charge in [-0.05, 0) is 29.7 Å². The summed E-state index contributed by atoms with van der Waals surface area (Å²) in [4.78, 5) is 20.5. The van der Waals surface area contributed by atoms with Gasteiger partial charge < -0.3 is 15.1 Å². The molecule has 0 radical (unpaired) electrons. The summed E-state index contributed by atoms with van der Waals surface area (Å²) < 4.78 is 24.7. The van der Waals surface area contributed by atoms with Gasteiger partial charge in [-0.15, -0.1) is 0 Å². The number of amides is 1. The third-order valence-corrected chi connectivity index (χ3v) is 6.17. The van der Waals surface area contributed by atoms with E-state index in [2.05, 4.69) is 15.3 Å². The number of carbonyl (C=O) groups excluding carboxylic acids is 1. The van der Waals surface area contributed by atoms with Crippen LogP contribution in [-0.2, 0) is 28.4 Å². The molecule has 1 aliphatic rings. The van der Waals surface area contributed by atoms with Gasteiger partial charge in [0.25, 0.3) is 0 Å². The van der Waals surface area contributed by atoms with Gasteiger partial charge in [-0.25, -0.2) is 18.5 Å². The second-order valence-electron chi connectivity index (χ2n) is 7.85. The van der Waals surface area contributed by atoms with Crippen LogP contribution in [0.3, 0.4) is 0 Å². The number of likely N-dealkylation sites (N-methyl/N-ethyl adjacent to an activating group) is 1. The first-order valence-corrected chi connectivity index (χ1v) is 11.5. The van der Waals surface area contributed by atoms with E-state index in [1.807, 2.05) is 19.4 Å². The molecule has 3 rings (SSSR count). The lowest BCUT2D eigenvalue weighted by Gasteiger charge is -2.23. The zero-order chi connectivity index (χ0) is 22.6. The third kappa shape index (κ3) is 6.05. The maximum Gasteiger partial charge on any atom is 0.241 e. The summed E-state index contributed by atoms with van der Waals surface area (Å²) in [7, 11) is 1.60. The van der Waals surface area contributed by atoms with Crippen molar-refractivity contribution in [3.05, 3.63) is 47.8 Å². The first kappa shape index (κ1) is 22.8. The number of carbonyl (C=O) groups is 1. The molecule has 1 fully saturated rings. The molecule has 0 bridgehead atoms. The van der Waals surface area contributed by atoms with Crippen molar-refractivity contribution in [1.29, 1.82) is 0 Å². The highest BCUT2D eigenvalue weighted by Crippen LogP contribution is 2.26. The topological polar surface area (TPSA) is 126 Å². The minimum absolute atomic E-state index is 0.0480. The number of primary sulfonamides is 1. The Kier molecular flexibility index (Phi) is 6.96. The lowest BCUT2D eigenvalue weighted by atomic mass is 10.0. The van der Waals surface area contributed by atoms with E-state index in [1.54, 1.807) is 30.9 Å². The number of benzene rings is 1. The van der Waals surface area contributed by atoms with Crippen molar-refractivity contribution < 1.29 is 13.2 Å². The summed E-state index contributed by atoms with van der Waals surface area (Å²) in [6, 6.07) is 6.32. The predicted octanol–water partition coefficient (Wildman–Crippen LogP) is 0.0908. The number of hydrogen-bond donors (Lipinski definition) is 2. The number of rotatable bonds is 6. The number of aryl methyl sites for hydroxylation is 1. The Balaban J connectivity index is 1.73. The van der Waals surface area contributed by atoms with E-state index in [0.29, 0.717) is 18.4 Å². The van der Waals surface area contributed by atoms with E-state index in [9.17, 15) is 13.2 Å². The Bertz CT molecular complexity index is 1040. The summed E-state index contributed by atoms with van der Waals surface area (Å²) in [6.45, 7) is 2.08. The number of hydrogen-bond acceptors (Lipinski definition) is 5. The van der Waals surface area contributed by atoms with Crippen molar-refractivity contribution in [1.82, 2.24) is 24.9 Å². The summed E-state index contributed by atoms with van der Waals surface area (Å²) in [5.41, 5.74) is 2.03.